The summed E-state index contributed by atoms with van der Waals surface area (Å²) in [5, 5.41) is 1.85. The third-order valence-corrected chi connectivity index (χ3v) is 5.65. The van der Waals surface area contributed by atoms with Gasteiger partial charge in [0.1, 0.15) is 0 Å². The van der Waals surface area contributed by atoms with Crippen molar-refractivity contribution in [1.29, 1.82) is 0 Å². The van der Waals surface area contributed by atoms with Crippen molar-refractivity contribution < 1.29 is 18.0 Å². The number of nitrogens with one attached hydrogen (secondary N) is 1. The van der Waals surface area contributed by atoms with Crippen molar-refractivity contribution in [2.75, 3.05) is 20.2 Å². The van der Waals surface area contributed by atoms with Gasteiger partial charge in [0.15, 0.2) is 0 Å². The average Bonchev–Trinajstić information content (AvgIpc) is 2.50. The summed E-state index contributed by atoms with van der Waals surface area (Å²) in [7, 11) is -2.04. The van der Waals surface area contributed by atoms with Gasteiger partial charge in [0, 0.05) is 19.5 Å². The van der Waals surface area contributed by atoms with Gasteiger partial charge >= 0.3 is 0 Å². The Morgan fingerprint density at radius 2 is 1.96 bits per heavy atom. The van der Waals surface area contributed by atoms with Crippen molar-refractivity contribution in [3.05, 3.63) is 34.9 Å². The van der Waals surface area contributed by atoms with Gasteiger partial charge in [0.2, 0.25) is 15.9 Å². The van der Waals surface area contributed by atoms with Gasteiger partial charge in [-0.1, -0.05) is 23.8 Å². The third-order valence-electron chi connectivity index (χ3n) is 4.42. The maximum atomic E-state index is 12.2. The first-order valence-corrected chi connectivity index (χ1v) is 9.83. The van der Waals surface area contributed by atoms with Crippen LogP contribution < -0.4 is 4.72 Å². The van der Waals surface area contributed by atoms with E-state index in [0.29, 0.717) is 5.56 Å². The molecule has 0 bridgehead atoms. The molecule has 1 aromatic carbocycles. The fourth-order valence-electron chi connectivity index (χ4n) is 3.02. The van der Waals surface area contributed by atoms with Gasteiger partial charge in [-0.05, 0) is 43.7 Å². The molecule has 1 fully saturated rings. The molecule has 1 saturated heterocycles. The van der Waals surface area contributed by atoms with E-state index < -0.39 is 15.9 Å². The Morgan fingerprint density at radius 1 is 1.29 bits per heavy atom. The summed E-state index contributed by atoms with van der Waals surface area (Å²) < 4.78 is 26.7. The average molecular weight is 354 g/mol. The molecule has 7 heteroatoms. The van der Waals surface area contributed by atoms with Crippen molar-refractivity contribution in [3.8, 4) is 0 Å². The van der Waals surface area contributed by atoms with E-state index in [2.05, 4.69) is 4.72 Å². The molecule has 24 heavy (non-hydrogen) atoms. The molecule has 0 aliphatic carbocycles. The van der Waals surface area contributed by atoms with E-state index in [4.69, 9.17) is 4.84 Å². The molecule has 0 aromatic heterocycles. The van der Waals surface area contributed by atoms with E-state index in [1.54, 1.807) is 13.2 Å². The van der Waals surface area contributed by atoms with Gasteiger partial charge < -0.3 is 4.84 Å². The van der Waals surface area contributed by atoms with Crippen LogP contribution in [0.25, 0.3) is 0 Å². The number of carbonyl (C=O) groups is 1. The molecule has 0 atom stereocenters. The van der Waals surface area contributed by atoms with Gasteiger partial charge in [0.25, 0.3) is 0 Å². The molecular weight excluding hydrogens is 328 g/mol. The molecule has 0 unspecified atom stereocenters. The number of hydrogen-bond donors (Lipinski definition) is 1. The summed E-state index contributed by atoms with van der Waals surface area (Å²) >= 11 is 0. The second-order valence-corrected chi connectivity index (χ2v) is 8.20. The number of benzene rings is 1. The highest BCUT2D eigenvalue weighted by Gasteiger charge is 2.24. The number of nitrogens with zero attached hydrogens (tertiary/aromatic N) is 1. The summed E-state index contributed by atoms with van der Waals surface area (Å²) in [5.74, 6) is -0.393. The van der Waals surface area contributed by atoms with Gasteiger partial charge in [0.05, 0.1) is 12.9 Å². The number of carbonyl (C=O) groups excluding carboxylic acids is 1. The van der Waals surface area contributed by atoms with Crippen LogP contribution in [-0.2, 0) is 25.4 Å². The second-order valence-electron chi connectivity index (χ2n) is 6.47. The number of rotatable bonds is 6. The lowest BCUT2D eigenvalue weighted by Crippen LogP contribution is -2.37. The lowest BCUT2D eigenvalue weighted by atomic mass is 9.94. The Morgan fingerprint density at radius 3 is 2.54 bits per heavy atom. The normalized spacial score (nSPS) is 17.0. The maximum absolute atomic E-state index is 12.2. The highest BCUT2D eigenvalue weighted by molar-refractivity contribution is 7.89. The molecule has 1 aliphatic heterocycles. The van der Waals surface area contributed by atoms with Crippen molar-refractivity contribution in [2.45, 2.75) is 38.9 Å². The minimum atomic E-state index is -3.67. The Bertz CT molecular complexity index is 680. The Labute approximate surface area is 144 Å². The van der Waals surface area contributed by atoms with Crippen molar-refractivity contribution in [2.24, 2.45) is 5.92 Å². The van der Waals surface area contributed by atoms with Gasteiger partial charge in [-0.2, -0.15) is 5.06 Å². The highest BCUT2D eigenvalue weighted by atomic mass is 32.2. The predicted octanol–water partition coefficient (Wildman–Crippen LogP) is 1.91. The number of piperidine rings is 1. The first-order chi connectivity index (χ1) is 11.3. The van der Waals surface area contributed by atoms with Crippen molar-refractivity contribution in [1.82, 2.24) is 9.79 Å². The Balaban J connectivity index is 1.88. The quantitative estimate of drug-likeness (QED) is 0.845. The summed E-state index contributed by atoms with van der Waals surface area (Å²) in [6, 6.07) is 5.62. The smallest absolute Gasteiger partial charge is 0.239 e. The lowest BCUT2D eigenvalue weighted by Gasteiger charge is -2.29. The summed E-state index contributed by atoms with van der Waals surface area (Å²) in [4.78, 5) is 17.2. The summed E-state index contributed by atoms with van der Waals surface area (Å²) in [5.41, 5.74) is 2.72. The Hall–Kier alpha value is -1.44. The lowest BCUT2D eigenvalue weighted by molar-refractivity contribution is -0.149. The van der Waals surface area contributed by atoms with E-state index in [-0.39, 0.29) is 18.1 Å². The number of hydrogen-bond acceptors (Lipinski definition) is 5. The van der Waals surface area contributed by atoms with Crippen molar-refractivity contribution >= 4 is 15.9 Å². The van der Waals surface area contributed by atoms with Crippen molar-refractivity contribution in [3.63, 3.8) is 0 Å². The fraction of sp³-hybridized carbons (Fsp3) is 0.588. The number of sulfonamides is 1. The number of amides is 1. The van der Waals surface area contributed by atoms with Gasteiger partial charge in [-0.3, -0.25) is 9.52 Å². The molecular formula is C17H26N2O4S. The van der Waals surface area contributed by atoms with E-state index in [1.807, 2.05) is 31.0 Å². The van der Waals surface area contributed by atoms with Crippen LogP contribution in [0.15, 0.2) is 18.2 Å². The SMILES string of the molecule is CON1CCC(CC(=O)NS(=O)(=O)Cc2ccc(C)cc2C)CC1. The van der Waals surface area contributed by atoms with Gasteiger partial charge in [-0.25, -0.2) is 8.42 Å². The number of aryl methyl sites for hydroxylation is 2. The molecule has 0 radical (unpaired) electrons. The molecule has 1 aliphatic rings. The van der Waals surface area contributed by atoms with E-state index in [9.17, 15) is 13.2 Å². The first kappa shape index (κ1) is 18.9. The van der Waals surface area contributed by atoms with Crippen LogP contribution in [0.1, 0.15) is 36.0 Å². The van der Waals surface area contributed by atoms with Gasteiger partial charge in [-0.15, -0.1) is 0 Å². The molecule has 1 heterocycles. The van der Waals surface area contributed by atoms with Crippen LogP contribution in [0.2, 0.25) is 0 Å². The zero-order valence-electron chi connectivity index (χ0n) is 14.5. The zero-order chi connectivity index (χ0) is 17.7. The molecule has 1 aromatic rings. The monoisotopic (exact) mass is 354 g/mol. The van der Waals surface area contributed by atoms with Crippen LogP contribution >= 0.6 is 0 Å². The Kier molecular flexibility index (Phi) is 6.37. The standard InChI is InChI=1S/C17H26N2O4S/c1-13-4-5-16(14(2)10-13)12-24(21,22)18-17(20)11-15-6-8-19(23-3)9-7-15/h4-5,10,15H,6-9,11-12H2,1-3H3,(H,18,20). The first-order valence-electron chi connectivity index (χ1n) is 8.17. The van der Waals surface area contributed by atoms with Crippen LogP contribution in [0.4, 0.5) is 0 Å². The topological polar surface area (TPSA) is 75.7 Å². The number of hydroxylamine groups is 2. The minimum Gasteiger partial charge on any atom is -0.302 e. The molecule has 2 rings (SSSR count). The van der Waals surface area contributed by atoms with Crippen LogP contribution in [0, 0.1) is 19.8 Å². The van der Waals surface area contributed by atoms with E-state index >= 15 is 0 Å². The second kappa shape index (κ2) is 8.09. The largest absolute Gasteiger partial charge is 0.302 e. The zero-order valence-corrected chi connectivity index (χ0v) is 15.4. The summed E-state index contributed by atoms with van der Waals surface area (Å²) in [6.07, 6.45) is 1.90. The predicted molar refractivity (Wildman–Crippen MR) is 92.6 cm³/mol. The fourth-order valence-corrected chi connectivity index (χ4v) is 4.26. The molecule has 1 N–H and O–H groups in total. The maximum Gasteiger partial charge on any atom is 0.239 e. The van der Waals surface area contributed by atoms with Crippen LogP contribution in [-0.4, -0.2) is 39.6 Å². The highest BCUT2D eigenvalue weighted by Crippen LogP contribution is 2.20. The molecule has 6 nitrogen and oxygen atoms in total. The molecule has 0 spiro atoms. The molecule has 134 valence electrons. The molecule has 0 saturated carbocycles. The van der Waals surface area contributed by atoms with E-state index in [1.165, 1.54) is 0 Å². The molecule has 1 amide bonds. The van der Waals surface area contributed by atoms with Crippen LogP contribution in [0.5, 0.6) is 0 Å². The van der Waals surface area contributed by atoms with Crippen LogP contribution in [0.3, 0.4) is 0 Å². The minimum absolute atomic E-state index is 0.174. The van der Waals surface area contributed by atoms with E-state index in [0.717, 1.165) is 37.1 Å². The summed E-state index contributed by atoms with van der Waals surface area (Å²) in [6.45, 7) is 5.37. The third kappa shape index (κ3) is 5.58.